The third kappa shape index (κ3) is 5.29. The van der Waals surface area contributed by atoms with Crippen LogP contribution in [0.1, 0.15) is 79.6 Å². The summed E-state index contributed by atoms with van der Waals surface area (Å²) in [6.45, 7) is 11.6. The minimum atomic E-state index is 0.277. The maximum atomic E-state index is 6.49. The minimum Gasteiger partial charge on any atom is -0.324 e. The number of nitrogens with two attached hydrogens (primary N) is 1. The fourth-order valence-corrected chi connectivity index (χ4v) is 3.42. The molecule has 0 aromatic heterocycles. The second-order valence-corrected chi connectivity index (χ2v) is 7.32. The monoisotopic (exact) mass is 291 g/mol. The second kappa shape index (κ2) is 8.78. The molecule has 0 spiro atoms. The molecule has 1 fully saturated rings. The highest BCUT2D eigenvalue weighted by molar-refractivity contribution is 5.18. The molecule has 0 aromatic rings. The van der Waals surface area contributed by atoms with Gasteiger partial charge in [-0.05, 0) is 56.3 Å². The number of hydrogen-bond donors (Lipinski definition) is 1. The summed E-state index contributed by atoms with van der Waals surface area (Å²) < 4.78 is 0. The molecule has 1 saturated carbocycles. The summed E-state index contributed by atoms with van der Waals surface area (Å²) in [5.74, 6) is 1.47. The lowest BCUT2D eigenvalue weighted by Gasteiger charge is -2.23. The first-order valence-electron chi connectivity index (χ1n) is 9.04. The molecule has 0 aromatic carbocycles. The predicted octanol–water partition coefficient (Wildman–Crippen LogP) is 5.86. The van der Waals surface area contributed by atoms with Crippen LogP contribution in [0, 0.1) is 17.3 Å². The topological polar surface area (TPSA) is 26.0 Å². The van der Waals surface area contributed by atoms with E-state index >= 15 is 0 Å². The standard InChI is InChI=1S/C20H37N/c1-6-8-10-11-12-14-17(4)20(5)15-18(20)19(21)16(3)13-9-7-2/h10-11,13,17-19H,6-9,12,14-15,21H2,1-5H3. The number of rotatable bonds is 10. The average molecular weight is 292 g/mol. The van der Waals surface area contributed by atoms with Gasteiger partial charge in [-0.3, -0.25) is 0 Å². The molecule has 0 bridgehead atoms. The van der Waals surface area contributed by atoms with Crippen molar-refractivity contribution in [3.8, 4) is 0 Å². The van der Waals surface area contributed by atoms with Gasteiger partial charge in [0.1, 0.15) is 0 Å². The Balaban J connectivity index is 2.42. The summed E-state index contributed by atoms with van der Waals surface area (Å²) in [5, 5.41) is 0. The van der Waals surface area contributed by atoms with Crippen LogP contribution in [-0.4, -0.2) is 6.04 Å². The van der Waals surface area contributed by atoms with E-state index in [-0.39, 0.29) is 6.04 Å². The lowest BCUT2D eigenvalue weighted by atomic mass is 9.84. The summed E-state index contributed by atoms with van der Waals surface area (Å²) >= 11 is 0. The van der Waals surface area contributed by atoms with Gasteiger partial charge in [-0.1, -0.05) is 64.3 Å². The van der Waals surface area contributed by atoms with E-state index in [2.05, 4.69) is 52.8 Å². The van der Waals surface area contributed by atoms with E-state index in [1.165, 1.54) is 50.5 Å². The smallest absolute Gasteiger partial charge is 0.0285 e. The largest absolute Gasteiger partial charge is 0.324 e. The highest BCUT2D eigenvalue weighted by Gasteiger charge is 2.55. The van der Waals surface area contributed by atoms with Crippen molar-refractivity contribution < 1.29 is 0 Å². The number of allylic oxidation sites excluding steroid dienone is 3. The molecular weight excluding hydrogens is 254 g/mol. The molecule has 21 heavy (non-hydrogen) atoms. The third-order valence-electron chi connectivity index (χ3n) is 5.58. The normalized spacial score (nSPS) is 28.9. The Kier molecular flexibility index (Phi) is 7.73. The first kappa shape index (κ1) is 18.5. The molecule has 1 nitrogen and oxygen atoms in total. The Hall–Kier alpha value is -0.560. The zero-order valence-corrected chi connectivity index (χ0v) is 15.0. The zero-order valence-electron chi connectivity index (χ0n) is 15.0. The van der Waals surface area contributed by atoms with Crippen molar-refractivity contribution in [1.82, 2.24) is 0 Å². The maximum Gasteiger partial charge on any atom is 0.0285 e. The average Bonchev–Trinajstić information content (AvgIpc) is 3.17. The third-order valence-corrected chi connectivity index (χ3v) is 5.58. The van der Waals surface area contributed by atoms with Gasteiger partial charge in [0.25, 0.3) is 0 Å². The quantitative estimate of drug-likeness (QED) is 0.501. The molecule has 0 heterocycles. The van der Waals surface area contributed by atoms with Crippen molar-refractivity contribution >= 4 is 0 Å². The molecule has 0 radical (unpaired) electrons. The van der Waals surface area contributed by atoms with Gasteiger partial charge in [-0.2, -0.15) is 0 Å². The minimum absolute atomic E-state index is 0.277. The maximum absolute atomic E-state index is 6.49. The first-order valence-corrected chi connectivity index (χ1v) is 9.04. The summed E-state index contributed by atoms with van der Waals surface area (Å²) in [6, 6.07) is 0.277. The van der Waals surface area contributed by atoms with Crippen molar-refractivity contribution in [2.24, 2.45) is 23.0 Å². The van der Waals surface area contributed by atoms with Crippen molar-refractivity contribution in [3.05, 3.63) is 23.8 Å². The van der Waals surface area contributed by atoms with Crippen LogP contribution < -0.4 is 5.73 Å². The van der Waals surface area contributed by atoms with Gasteiger partial charge < -0.3 is 5.73 Å². The molecule has 1 aliphatic carbocycles. The van der Waals surface area contributed by atoms with Crippen molar-refractivity contribution in [1.29, 1.82) is 0 Å². The van der Waals surface area contributed by atoms with Crippen LogP contribution in [0.25, 0.3) is 0 Å². The van der Waals surface area contributed by atoms with Crippen molar-refractivity contribution in [2.75, 3.05) is 0 Å². The van der Waals surface area contributed by atoms with Crippen molar-refractivity contribution in [2.45, 2.75) is 85.6 Å². The summed E-state index contributed by atoms with van der Waals surface area (Å²) in [4.78, 5) is 0. The fourth-order valence-electron chi connectivity index (χ4n) is 3.42. The lowest BCUT2D eigenvalue weighted by Crippen LogP contribution is -2.28. The van der Waals surface area contributed by atoms with E-state index in [4.69, 9.17) is 5.73 Å². The SMILES string of the molecule is CCCC=CCCC(C)C1(C)CC1C(N)C(C)=CCCC. The highest BCUT2D eigenvalue weighted by Crippen LogP contribution is 2.60. The van der Waals surface area contributed by atoms with Crippen LogP contribution in [0.4, 0.5) is 0 Å². The lowest BCUT2D eigenvalue weighted by molar-refractivity contribution is 0.304. The summed E-state index contributed by atoms with van der Waals surface area (Å²) in [5.41, 5.74) is 8.36. The van der Waals surface area contributed by atoms with E-state index < -0.39 is 0 Å². The van der Waals surface area contributed by atoms with Gasteiger partial charge in [-0.25, -0.2) is 0 Å². The predicted molar refractivity (Wildman–Crippen MR) is 95.3 cm³/mol. The Morgan fingerprint density at radius 3 is 2.43 bits per heavy atom. The van der Waals surface area contributed by atoms with Crippen LogP contribution >= 0.6 is 0 Å². The Morgan fingerprint density at radius 2 is 1.81 bits per heavy atom. The highest BCUT2D eigenvalue weighted by atomic mass is 14.7. The number of hydrogen-bond acceptors (Lipinski definition) is 1. The Labute approximate surface area is 133 Å². The Bertz CT molecular complexity index is 355. The molecule has 0 aliphatic heterocycles. The van der Waals surface area contributed by atoms with E-state index in [9.17, 15) is 0 Å². The van der Waals surface area contributed by atoms with Gasteiger partial charge >= 0.3 is 0 Å². The second-order valence-electron chi connectivity index (χ2n) is 7.32. The van der Waals surface area contributed by atoms with Gasteiger partial charge in [0.15, 0.2) is 0 Å². The molecular formula is C20H37N. The van der Waals surface area contributed by atoms with E-state index in [0.717, 1.165) is 5.92 Å². The molecule has 0 saturated heterocycles. The molecule has 0 amide bonds. The molecule has 1 aliphatic rings. The van der Waals surface area contributed by atoms with Crippen LogP contribution in [0.15, 0.2) is 23.8 Å². The summed E-state index contributed by atoms with van der Waals surface area (Å²) in [6.07, 6.45) is 15.8. The van der Waals surface area contributed by atoms with Crippen molar-refractivity contribution in [3.63, 3.8) is 0 Å². The fraction of sp³-hybridized carbons (Fsp3) is 0.800. The van der Waals surface area contributed by atoms with Gasteiger partial charge in [0.2, 0.25) is 0 Å². The summed E-state index contributed by atoms with van der Waals surface area (Å²) in [7, 11) is 0. The molecule has 1 rings (SSSR count). The van der Waals surface area contributed by atoms with Gasteiger partial charge in [0, 0.05) is 6.04 Å². The van der Waals surface area contributed by atoms with Crippen LogP contribution in [0.3, 0.4) is 0 Å². The number of unbranched alkanes of at least 4 members (excludes halogenated alkanes) is 2. The molecule has 2 N–H and O–H groups in total. The van der Waals surface area contributed by atoms with Gasteiger partial charge in [0.05, 0.1) is 0 Å². The van der Waals surface area contributed by atoms with Crippen LogP contribution in [0.2, 0.25) is 0 Å². The Morgan fingerprint density at radius 1 is 1.19 bits per heavy atom. The van der Waals surface area contributed by atoms with Crippen LogP contribution in [-0.2, 0) is 0 Å². The van der Waals surface area contributed by atoms with Crippen LogP contribution in [0.5, 0.6) is 0 Å². The molecule has 4 unspecified atom stereocenters. The van der Waals surface area contributed by atoms with E-state index in [1.54, 1.807) is 0 Å². The molecule has 122 valence electrons. The van der Waals surface area contributed by atoms with E-state index in [0.29, 0.717) is 11.3 Å². The molecule has 4 atom stereocenters. The first-order chi connectivity index (χ1) is 9.97. The zero-order chi connectivity index (χ0) is 15.9. The molecule has 1 heteroatoms. The van der Waals surface area contributed by atoms with E-state index in [1.807, 2.05) is 0 Å². The van der Waals surface area contributed by atoms with Gasteiger partial charge in [-0.15, -0.1) is 0 Å².